The second kappa shape index (κ2) is 10.6. The van der Waals surface area contributed by atoms with Crippen LogP contribution in [0.3, 0.4) is 0 Å². The van der Waals surface area contributed by atoms with Crippen molar-refractivity contribution in [2.75, 3.05) is 0 Å². The number of hydrogen-bond donors (Lipinski definition) is 0. The molecule has 0 N–H and O–H groups in total. The van der Waals surface area contributed by atoms with Crippen LogP contribution in [0.5, 0.6) is 5.75 Å². The number of halogens is 4. The van der Waals surface area contributed by atoms with E-state index in [4.69, 9.17) is 15.8 Å². The largest absolute Gasteiger partial charge is 0.534 e. The molecule has 1 aromatic heterocycles. The van der Waals surface area contributed by atoms with Crippen molar-refractivity contribution in [2.45, 2.75) is 39.6 Å². The van der Waals surface area contributed by atoms with E-state index in [0.717, 1.165) is 11.1 Å². The predicted octanol–water partition coefficient (Wildman–Crippen LogP) is 9.03. The summed E-state index contributed by atoms with van der Waals surface area (Å²) in [5, 5.41) is 0.497. The van der Waals surface area contributed by atoms with Crippen LogP contribution in [-0.2, 0) is 10.1 Å². The van der Waals surface area contributed by atoms with E-state index in [2.05, 4.69) is 0 Å². The van der Waals surface area contributed by atoms with Crippen LogP contribution in [0.15, 0.2) is 66.3 Å². The maximum absolute atomic E-state index is 13.4. The molecule has 0 fully saturated rings. The number of allylic oxidation sites excluding steroid dienone is 4. The van der Waals surface area contributed by atoms with Crippen LogP contribution in [0.25, 0.3) is 27.1 Å². The summed E-state index contributed by atoms with van der Waals surface area (Å²) in [4.78, 5) is 0.896. The molecule has 0 radical (unpaired) electrons. The van der Waals surface area contributed by atoms with Gasteiger partial charge in [-0.3, -0.25) is 0 Å². The first-order chi connectivity index (χ1) is 16.4. The van der Waals surface area contributed by atoms with Crippen molar-refractivity contribution in [1.82, 2.24) is 0 Å². The van der Waals surface area contributed by atoms with Gasteiger partial charge in [-0.25, -0.2) is 0 Å². The van der Waals surface area contributed by atoms with Crippen LogP contribution < -0.4 is 4.18 Å². The molecule has 3 rings (SSSR count). The molecule has 0 unspecified atom stereocenters. The Labute approximate surface area is 212 Å². The van der Waals surface area contributed by atoms with Gasteiger partial charge in [0, 0.05) is 15.5 Å². The molecule has 0 saturated carbocycles. The smallest absolute Gasteiger partial charge is 0.374 e. The molecule has 0 bridgehead atoms. The fourth-order valence-corrected chi connectivity index (χ4v) is 5.34. The molecule has 3 aromatic rings. The Bertz CT molecular complexity index is 1370. The van der Waals surface area contributed by atoms with E-state index in [1.807, 2.05) is 39.8 Å². The summed E-state index contributed by atoms with van der Waals surface area (Å²) < 4.78 is 69.5. The molecule has 0 spiro atoms. The lowest BCUT2D eigenvalue weighted by atomic mass is 9.98. The predicted molar refractivity (Wildman–Crippen MR) is 138 cm³/mol. The number of alkyl halides is 3. The summed E-state index contributed by atoms with van der Waals surface area (Å²) >= 11 is 7.24. The van der Waals surface area contributed by atoms with Crippen LogP contribution in [-0.4, -0.2) is 13.9 Å². The van der Waals surface area contributed by atoms with Gasteiger partial charge in [-0.15, -0.1) is 11.3 Å². The van der Waals surface area contributed by atoms with E-state index in [0.29, 0.717) is 37.9 Å². The maximum Gasteiger partial charge on any atom is 0.534 e. The van der Waals surface area contributed by atoms with Crippen LogP contribution in [0.2, 0.25) is 5.02 Å². The van der Waals surface area contributed by atoms with Gasteiger partial charge >= 0.3 is 15.6 Å². The highest BCUT2D eigenvalue weighted by atomic mass is 35.5. The number of aryl methyl sites for hydroxylation is 1. The lowest BCUT2D eigenvalue weighted by Crippen LogP contribution is -2.28. The second-order valence-corrected chi connectivity index (χ2v) is 10.9. The van der Waals surface area contributed by atoms with Gasteiger partial charge in [-0.2, -0.15) is 21.6 Å². The molecule has 1 heterocycles. The normalized spacial score (nSPS) is 13.3. The van der Waals surface area contributed by atoms with Crippen molar-refractivity contribution in [2.24, 2.45) is 0 Å². The van der Waals surface area contributed by atoms with Gasteiger partial charge in [0.1, 0.15) is 0 Å². The molecule has 0 atom stereocenters. The Balaban J connectivity index is 2.44. The number of thiophene rings is 1. The zero-order chi connectivity index (χ0) is 26.0. The van der Waals surface area contributed by atoms with Gasteiger partial charge < -0.3 is 4.18 Å². The fourth-order valence-electron chi connectivity index (χ4n) is 3.34. The Hall–Kier alpha value is -2.55. The van der Waals surface area contributed by atoms with Crippen molar-refractivity contribution in [1.29, 1.82) is 0 Å². The minimum Gasteiger partial charge on any atom is -0.374 e. The first-order valence-corrected chi connectivity index (χ1v) is 13.3. The first kappa shape index (κ1) is 27.0. The van der Waals surface area contributed by atoms with Gasteiger partial charge in [0.15, 0.2) is 5.75 Å². The monoisotopic (exact) mass is 540 g/mol. The lowest BCUT2D eigenvalue weighted by Gasteiger charge is -2.14. The summed E-state index contributed by atoms with van der Waals surface area (Å²) in [6.07, 6.45) is 4.13. The van der Waals surface area contributed by atoms with Crippen molar-refractivity contribution in [3.05, 3.63) is 81.7 Å². The third kappa shape index (κ3) is 6.00. The molecule has 0 aliphatic heterocycles. The SMILES string of the molecule is C/C=C(C)\C=C(/CC)c1sc(-c2ccc(Cl)cc2)c(-c2ccc(C)cc2)c1OS(=O)(=O)C(F)(F)F. The quantitative estimate of drug-likeness (QED) is 0.170. The van der Waals surface area contributed by atoms with Gasteiger partial charge in [0.25, 0.3) is 0 Å². The zero-order valence-corrected chi connectivity index (χ0v) is 21.9. The van der Waals surface area contributed by atoms with Crippen LogP contribution >= 0.6 is 22.9 Å². The standard InChI is InChI=1S/C26H24ClF3O3S2/c1-5-16(3)15-18(6-2)25-23(33-35(31,32)26(28,29)30)22(19-9-7-17(4)8-10-19)24(34-25)20-11-13-21(27)14-12-20/h5,7-15H,6H2,1-4H3/b16-5-,18-15+. The van der Waals surface area contributed by atoms with Crippen molar-refractivity contribution in [3.63, 3.8) is 0 Å². The Morgan fingerprint density at radius 2 is 1.63 bits per heavy atom. The Morgan fingerprint density at radius 3 is 2.14 bits per heavy atom. The molecule has 35 heavy (non-hydrogen) atoms. The molecule has 9 heteroatoms. The number of hydrogen-bond acceptors (Lipinski definition) is 4. The molecule has 0 aliphatic rings. The van der Waals surface area contributed by atoms with Crippen molar-refractivity contribution in [3.8, 4) is 27.3 Å². The zero-order valence-electron chi connectivity index (χ0n) is 19.5. The summed E-state index contributed by atoms with van der Waals surface area (Å²) in [7, 11) is -5.92. The van der Waals surface area contributed by atoms with Crippen molar-refractivity contribution < 1.29 is 25.8 Å². The lowest BCUT2D eigenvalue weighted by molar-refractivity contribution is -0.0499. The Kier molecular flexibility index (Phi) is 8.19. The summed E-state index contributed by atoms with van der Waals surface area (Å²) in [5.74, 6) is -0.335. The molecule has 0 saturated heterocycles. The van der Waals surface area contributed by atoms with Gasteiger partial charge in [-0.05, 0) is 56.0 Å². The fraction of sp³-hybridized carbons (Fsp3) is 0.231. The molecule has 0 aliphatic carbocycles. The summed E-state index contributed by atoms with van der Waals surface area (Å²) in [6, 6.07) is 13.9. The first-order valence-electron chi connectivity index (χ1n) is 10.7. The summed E-state index contributed by atoms with van der Waals surface area (Å²) in [6.45, 7) is 7.43. The van der Waals surface area contributed by atoms with E-state index >= 15 is 0 Å². The molecule has 0 amide bonds. The average Bonchev–Trinajstić information content (AvgIpc) is 3.15. The van der Waals surface area contributed by atoms with E-state index < -0.39 is 15.6 Å². The highest BCUT2D eigenvalue weighted by Gasteiger charge is 2.49. The van der Waals surface area contributed by atoms with Crippen LogP contribution in [0, 0.1) is 6.92 Å². The molecule has 3 nitrogen and oxygen atoms in total. The van der Waals surface area contributed by atoms with Crippen molar-refractivity contribution >= 4 is 38.6 Å². The second-order valence-electron chi connectivity index (χ2n) is 7.88. The van der Waals surface area contributed by atoms with E-state index in [1.54, 1.807) is 48.5 Å². The van der Waals surface area contributed by atoms with E-state index in [9.17, 15) is 21.6 Å². The Morgan fingerprint density at radius 1 is 1.06 bits per heavy atom. The average molecular weight is 541 g/mol. The van der Waals surface area contributed by atoms with Crippen LogP contribution in [0.4, 0.5) is 13.2 Å². The minimum atomic E-state index is -5.92. The number of rotatable bonds is 7. The minimum absolute atomic E-state index is 0.276. The maximum atomic E-state index is 13.4. The molecular formula is C26H24ClF3O3S2. The van der Waals surface area contributed by atoms with Gasteiger partial charge in [0.2, 0.25) is 0 Å². The summed E-state index contributed by atoms with van der Waals surface area (Å²) in [5.41, 5.74) is -1.61. The van der Waals surface area contributed by atoms with E-state index in [-0.39, 0.29) is 11.3 Å². The van der Waals surface area contributed by atoms with Crippen LogP contribution in [0.1, 0.15) is 37.6 Å². The van der Waals surface area contributed by atoms with Gasteiger partial charge in [0.05, 0.1) is 4.88 Å². The third-order valence-corrected chi connectivity index (χ3v) is 7.82. The highest BCUT2D eigenvalue weighted by Crippen LogP contribution is 2.52. The number of benzene rings is 2. The topological polar surface area (TPSA) is 43.4 Å². The van der Waals surface area contributed by atoms with Gasteiger partial charge in [-0.1, -0.05) is 78.2 Å². The molecule has 186 valence electrons. The van der Waals surface area contributed by atoms with E-state index in [1.165, 1.54) is 11.3 Å². The third-order valence-electron chi connectivity index (χ3n) is 5.32. The molecular weight excluding hydrogens is 517 g/mol. The highest BCUT2D eigenvalue weighted by molar-refractivity contribution is 7.88. The molecule has 2 aromatic carbocycles.